The summed E-state index contributed by atoms with van der Waals surface area (Å²) >= 11 is 0. The number of nitrogens with zero attached hydrogens (tertiary/aromatic N) is 5. The van der Waals surface area contributed by atoms with E-state index < -0.39 is 0 Å². The molecule has 8 heteroatoms. The predicted octanol–water partition coefficient (Wildman–Crippen LogP) is 1.53. The van der Waals surface area contributed by atoms with Gasteiger partial charge in [-0.05, 0) is 17.7 Å². The van der Waals surface area contributed by atoms with Crippen LogP contribution in [0.15, 0.2) is 55.0 Å². The van der Waals surface area contributed by atoms with Crippen LogP contribution in [0, 0.1) is 0 Å². The minimum Gasteiger partial charge on any atom is -0.345 e. The van der Waals surface area contributed by atoms with Gasteiger partial charge < -0.3 is 5.32 Å². The van der Waals surface area contributed by atoms with Gasteiger partial charge in [0.2, 0.25) is 0 Å². The molecule has 1 amide bonds. The van der Waals surface area contributed by atoms with Gasteiger partial charge in [0.1, 0.15) is 5.69 Å². The van der Waals surface area contributed by atoms with Crippen LogP contribution in [0.5, 0.6) is 0 Å². The molecule has 3 aromatic heterocycles. The van der Waals surface area contributed by atoms with Crippen molar-refractivity contribution in [1.82, 2.24) is 35.5 Å². The minimum absolute atomic E-state index is 0.251. The molecule has 0 radical (unpaired) electrons. The first-order valence-corrected chi connectivity index (χ1v) is 7.79. The second-order valence-electron chi connectivity index (χ2n) is 5.57. The summed E-state index contributed by atoms with van der Waals surface area (Å²) in [6, 6.07) is 11.4. The molecule has 0 saturated carbocycles. The van der Waals surface area contributed by atoms with E-state index in [-0.39, 0.29) is 12.5 Å². The molecule has 8 nitrogen and oxygen atoms in total. The minimum atomic E-state index is -0.251. The predicted molar refractivity (Wildman–Crippen MR) is 90.6 cm³/mol. The largest absolute Gasteiger partial charge is 0.345 e. The molecular weight excluding hydrogens is 318 g/mol. The smallest absolute Gasteiger partial charge is 0.272 e. The highest BCUT2D eigenvalue weighted by molar-refractivity contribution is 6.04. The van der Waals surface area contributed by atoms with E-state index in [1.807, 2.05) is 36.4 Å². The van der Waals surface area contributed by atoms with Crippen LogP contribution in [0.1, 0.15) is 21.7 Å². The van der Waals surface area contributed by atoms with E-state index in [4.69, 9.17) is 0 Å². The number of amides is 1. The molecular formula is C17H15N7O. The summed E-state index contributed by atoms with van der Waals surface area (Å²) in [5.74, 6) is -0.251. The standard InChI is InChI=1S/C17H15N7O/c25-17(16-14-5-1-2-6-15(14)21-22-16)19-9-13-11-24(23-20-13)10-12-4-3-7-18-8-12/h1-8,11H,9-10H2,(H,19,25)(H,21,22). The van der Waals surface area contributed by atoms with Crippen molar-refractivity contribution in [3.05, 3.63) is 71.9 Å². The fourth-order valence-corrected chi connectivity index (χ4v) is 2.57. The quantitative estimate of drug-likeness (QED) is 0.577. The average Bonchev–Trinajstić information content (AvgIpc) is 3.27. The lowest BCUT2D eigenvalue weighted by atomic mass is 10.2. The number of H-pyrrole nitrogens is 1. The van der Waals surface area contributed by atoms with Crippen LogP contribution >= 0.6 is 0 Å². The first kappa shape index (κ1) is 15.0. The number of hydrogen-bond donors (Lipinski definition) is 2. The Bertz CT molecular complexity index is 1010. The summed E-state index contributed by atoms with van der Waals surface area (Å²) in [6.07, 6.45) is 5.31. The second kappa shape index (κ2) is 6.52. The lowest BCUT2D eigenvalue weighted by Gasteiger charge is -2.01. The third-order valence-electron chi connectivity index (χ3n) is 3.77. The van der Waals surface area contributed by atoms with Crippen LogP contribution < -0.4 is 5.32 Å². The first-order chi connectivity index (χ1) is 12.3. The van der Waals surface area contributed by atoms with E-state index in [0.717, 1.165) is 16.5 Å². The highest BCUT2D eigenvalue weighted by atomic mass is 16.1. The molecule has 0 aliphatic carbocycles. The Balaban J connectivity index is 1.41. The van der Waals surface area contributed by atoms with Crippen LogP contribution in [0.25, 0.3) is 10.9 Å². The highest BCUT2D eigenvalue weighted by Gasteiger charge is 2.14. The number of fused-ring (bicyclic) bond motifs is 1. The molecule has 4 rings (SSSR count). The number of pyridine rings is 1. The zero-order chi connectivity index (χ0) is 17.1. The SMILES string of the molecule is O=C(NCc1cn(Cc2cccnc2)nn1)c1n[nH]c2ccccc12. The molecule has 25 heavy (non-hydrogen) atoms. The maximum Gasteiger partial charge on any atom is 0.272 e. The van der Waals surface area contributed by atoms with Crippen molar-refractivity contribution in [1.29, 1.82) is 0 Å². The number of aromatic nitrogens is 6. The molecule has 124 valence electrons. The molecule has 0 bridgehead atoms. The first-order valence-electron chi connectivity index (χ1n) is 7.79. The lowest BCUT2D eigenvalue weighted by molar-refractivity contribution is 0.0947. The Kier molecular flexibility index (Phi) is 3.91. The number of rotatable bonds is 5. The maximum atomic E-state index is 12.3. The van der Waals surface area contributed by atoms with Crippen molar-refractivity contribution in [2.75, 3.05) is 0 Å². The Morgan fingerprint density at radius 2 is 2.12 bits per heavy atom. The number of para-hydroxylation sites is 1. The lowest BCUT2D eigenvalue weighted by Crippen LogP contribution is -2.23. The molecule has 0 unspecified atom stereocenters. The molecule has 0 aliphatic heterocycles. The molecule has 1 aromatic carbocycles. The van der Waals surface area contributed by atoms with Crippen molar-refractivity contribution in [3.63, 3.8) is 0 Å². The van der Waals surface area contributed by atoms with Crippen molar-refractivity contribution in [2.45, 2.75) is 13.1 Å². The van der Waals surface area contributed by atoms with Gasteiger partial charge >= 0.3 is 0 Å². The van der Waals surface area contributed by atoms with E-state index in [0.29, 0.717) is 17.9 Å². The maximum absolute atomic E-state index is 12.3. The molecule has 0 saturated heterocycles. The van der Waals surface area contributed by atoms with Gasteiger partial charge in [-0.3, -0.25) is 14.9 Å². The second-order valence-corrected chi connectivity index (χ2v) is 5.57. The van der Waals surface area contributed by atoms with E-state index in [9.17, 15) is 4.79 Å². The van der Waals surface area contributed by atoms with Crippen molar-refractivity contribution in [3.8, 4) is 0 Å². The summed E-state index contributed by atoms with van der Waals surface area (Å²) in [4.78, 5) is 16.4. The fraction of sp³-hybridized carbons (Fsp3) is 0.118. The van der Waals surface area contributed by atoms with Gasteiger partial charge in [0.15, 0.2) is 5.69 Å². The van der Waals surface area contributed by atoms with E-state index in [2.05, 4.69) is 30.8 Å². The number of aromatic amines is 1. The van der Waals surface area contributed by atoms with Gasteiger partial charge in [0.05, 0.1) is 24.8 Å². The van der Waals surface area contributed by atoms with Crippen LogP contribution in [0.3, 0.4) is 0 Å². The van der Waals surface area contributed by atoms with Crippen LogP contribution in [0.4, 0.5) is 0 Å². The molecule has 4 aromatic rings. The topological polar surface area (TPSA) is 101 Å². The monoisotopic (exact) mass is 333 g/mol. The molecule has 0 fully saturated rings. The van der Waals surface area contributed by atoms with Gasteiger partial charge in [-0.2, -0.15) is 5.10 Å². The fourth-order valence-electron chi connectivity index (χ4n) is 2.57. The van der Waals surface area contributed by atoms with Crippen LogP contribution in [-0.2, 0) is 13.1 Å². The summed E-state index contributed by atoms with van der Waals surface area (Å²) in [5, 5.41) is 18.7. The molecule has 0 aliphatic rings. The van der Waals surface area contributed by atoms with Gasteiger partial charge in [0.25, 0.3) is 5.91 Å². The molecule has 0 spiro atoms. The van der Waals surface area contributed by atoms with E-state index in [1.54, 1.807) is 23.3 Å². The van der Waals surface area contributed by atoms with Crippen LogP contribution in [-0.4, -0.2) is 36.1 Å². The third kappa shape index (κ3) is 3.23. The summed E-state index contributed by atoms with van der Waals surface area (Å²) < 4.78 is 1.71. The summed E-state index contributed by atoms with van der Waals surface area (Å²) in [5.41, 5.74) is 2.91. The van der Waals surface area contributed by atoms with Gasteiger partial charge in [-0.1, -0.05) is 29.5 Å². The Morgan fingerprint density at radius 1 is 1.20 bits per heavy atom. The van der Waals surface area contributed by atoms with Crippen LogP contribution in [0.2, 0.25) is 0 Å². The number of nitrogens with one attached hydrogen (secondary N) is 2. The number of carbonyl (C=O) groups excluding carboxylic acids is 1. The number of hydrogen-bond acceptors (Lipinski definition) is 5. The van der Waals surface area contributed by atoms with Gasteiger partial charge in [-0.25, -0.2) is 4.68 Å². The summed E-state index contributed by atoms with van der Waals surface area (Å²) in [6.45, 7) is 0.867. The number of benzene rings is 1. The molecule has 0 atom stereocenters. The normalized spacial score (nSPS) is 10.9. The number of carbonyl (C=O) groups is 1. The van der Waals surface area contributed by atoms with Gasteiger partial charge in [-0.15, -0.1) is 5.10 Å². The Hall–Kier alpha value is -3.55. The van der Waals surface area contributed by atoms with Gasteiger partial charge in [0, 0.05) is 17.8 Å². The zero-order valence-electron chi connectivity index (χ0n) is 13.3. The Labute approximate surface area is 142 Å². The third-order valence-corrected chi connectivity index (χ3v) is 3.77. The van der Waals surface area contributed by atoms with Crippen molar-refractivity contribution >= 4 is 16.8 Å². The average molecular weight is 333 g/mol. The van der Waals surface area contributed by atoms with E-state index in [1.165, 1.54) is 0 Å². The van der Waals surface area contributed by atoms with Crippen molar-refractivity contribution < 1.29 is 4.79 Å². The Morgan fingerprint density at radius 3 is 3.00 bits per heavy atom. The highest BCUT2D eigenvalue weighted by Crippen LogP contribution is 2.14. The zero-order valence-corrected chi connectivity index (χ0v) is 13.3. The van der Waals surface area contributed by atoms with E-state index >= 15 is 0 Å². The van der Waals surface area contributed by atoms with Crippen molar-refractivity contribution in [2.24, 2.45) is 0 Å². The molecule has 3 heterocycles. The summed E-state index contributed by atoms with van der Waals surface area (Å²) in [7, 11) is 0. The molecule has 2 N–H and O–H groups in total.